The standard InChI is InChI=1S/2C11H8N4.2CHNSe.Co/c2*1-3-7-12-9(5-1)11-10-6-2-4-8-15(10)14-13-11;2*2-1-3;/h2*1-8H;2*3H;/q;;;;+2/p-2. The van der Waals surface area contributed by atoms with Crippen molar-refractivity contribution in [3.63, 3.8) is 0 Å². The third kappa shape index (κ3) is 8.03. The first-order chi connectivity index (χ1) is 17.7. The molecule has 0 unspecified atom stereocenters. The summed E-state index contributed by atoms with van der Waals surface area (Å²) in [6.45, 7) is 0. The molecule has 10 nitrogen and oxygen atoms in total. The van der Waals surface area contributed by atoms with Crippen molar-refractivity contribution in [3.05, 3.63) is 97.6 Å². The molecule has 37 heavy (non-hydrogen) atoms. The van der Waals surface area contributed by atoms with Crippen LogP contribution in [0.1, 0.15) is 0 Å². The molecule has 1 radical (unpaired) electrons. The first-order valence-corrected chi connectivity index (χ1v) is 11.9. The van der Waals surface area contributed by atoms with Crippen LogP contribution in [0.5, 0.6) is 0 Å². The average Bonchev–Trinajstić information content (AvgIpc) is 3.56. The Hall–Kier alpha value is -3.93. The quantitative estimate of drug-likeness (QED) is 0.198. The van der Waals surface area contributed by atoms with Gasteiger partial charge in [0.2, 0.25) is 11.4 Å². The van der Waals surface area contributed by atoms with Crippen LogP contribution in [0.25, 0.3) is 33.8 Å². The van der Waals surface area contributed by atoms with Crippen molar-refractivity contribution in [1.29, 1.82) is 10.5 Å². The third-order valence-electron chi connectivity index (χ3n) is 4.46. The molecule has 6 aromatic rings. The number of hydrogen-bond acceptors (Lipinski definition) is 6. The largest absolute Gasteiger partial charge is 2.00 e. The Morgan fingerprint density at radius 1 is 0.622 bits per heavy atom. The summed E-state index contributed by atoms with van der Waals surface area (Å²) in [4.78, 5) is 11.8. The molecule has 0 bridgehead atoms. The topological polar surface area (TPSA) is 136 Å². The molecule has 6 rings (SSSR count). The number of hydrogen-bond donors (Lipinski definition) is 0. The van der Waals surface area contributed by atoms with E-state index in [2.05, 4.69) is 62.6 Å². The molecule has 0 fully saturated rings. The van der Waals surface area contributed by atoms with Gasteiger partial charge in [0.25, 0.3) is 0 Å². The Balaban J connectivity index is 0.000000211. The minimum Gasteiger partial charge on any atom is -0.298 e. The van der Waals surface area contributed by atoms with Gasteiger partial charge in [0, 0.05) is 12.4 Å². The van der Waals surface area contributed by atoms with E-state index < -0.39 is 0 Å². The Kier molecular flexibility index (Phi) is 12.6. The van der Waals surface area contributed by atoms with Gasteiger partial charge in [-0.25, -0.2) is 0 Å². The second kappa shape index (κ2) is 15.9. The normalized spacial score (nSPS) is 9.03. The molecule has 6 aromatic heterocycles. The van der Waals surface area contributed by atoms with Gasteiger partial charge < -0.3 is 0 Å². The van der Waals surface area contributed by atoms with Crippen LogP contribution in [-0.2, 0) is 16.8 Å². The zero-order chi connectivity index (χ0) is 25.6. The molecule has 183 valence electrons. The van der Waals surface area contributed by atoms with Gasteiger partial charge in [-0.2, -0.15) is 0 Å². The van der Waals surface area contributed by atoms with Crippen LogP contribution in [0.2, 0.25) is 0 Å². The molecule has 0 N–H and O–H groups in total. The molecule has 0 aliphatic heterocycles. The average molecular weight is 661 g/mol. The summed E-state index contributed by atoms with van der Waals surface area (Å²) in [5.74, 6) is 0. The Morgan fingerprint density at radius 3 is 1.35 bits per heavy atom. The van der Waals surface area contributed by atoms with Crippen molar-refractivity contribution in [2.24, 2.45) is 0 Å². The van der Waals surface area contributed by atoms with E-state index in [0.29, 0.717) is 0 Å². The van der Waals surface area contributed by atoms with Crippen molar-refractivity contribution in [2.75, 3.05) is 0 Å². The number of rotatable bonds is 2. The van der Waals surface area contributed by atoms with Gasteiger partial charge in [-0.05, 0) is 48.5 Å². The Morgan fingerprint density at radius 2 is 1.00 bits per heavy atom. The maximum absolute atomic E-state index is 7.26. The number of fused-ring (bicyclic) bond motifs is 2. The summed E-state index contributed by atoms with van der Waals surface area (Å²) in [5, 5.41) is 30.8. The van der Waals surface area contributed by atoms with E-state index in [1.807, 2.05) is 85.2 Å². The Bertz CT molecular complexity index is 1470. The van der Waals surface area contributed by atoms with Crippen LogP contribution in [0.4, 0.5) is 0 Å². The van der Waals surface area contributed by atoms with Crippen LogP contribution in [0.15, 0.2) is 97.6 Å². The zero-order valence-corrected chi connectivity index (χ0v) is 23.3. The summed E-state index contributed by atoms with van der Waals surface area (Å²) in [7, 11) is 0. The molecular formula is C24H16CoN10Se2. The first-order valence-electron chi connectivity index (χ1n) is 10.2. The zero-order valence-electron chi connectivity index (χ0n) is 18.9. The number of aromatic nitrogens is 8. The van der Waals surface area contributed by atoms with Crippen LogP contribution >= 0.6 is 0 Å². The molecule has 6 heterocycles. The van der Waals surface area contributed by atoms with E-state index in [1.165, 1.54) is 0 Å². The summed E-state index contributed by atoms with van der Waals surface area (Å²) in [5.41, 5.74) is 5.26. The summed E-state index contributed by atoms with van der Waals surface area (Å²) >= 11 is 4.22. The smallest absolute Gasteiger partial charge is 0.298 e. The fourth-order valence-electron chi connectivity index (χ4n) is 3.06. The van der Waals surface area contributed by atoms with Crippen molar-refractivity contribution < 1.29 is 25.8 Å². The van der Waals surface area contributed by atoms with Gasteiger partial charge in [0.15, 0.2) is 11.0 Å². The summed E-state index contributed by atoms with van der Waals surface area (Å²) in [6, 6.07) is 23.2. The molecule has 0 saturated heterocycles. The summed E-state index contributed by atoms with van der Waals surface area (Å²) < 4.78 is 3.48. The maximum Gasteiger partial charge on any atom is 2.00 e. The minimum absolute atomic E-state index is 0. The molecule has 0 atom stereocenters. The second-order valence-corrected chi connectivity index (χ2v) is 7.32. The third-order valence-corrected chi connectivity index (χ3v) is 4.46. The number of pyridine rings is 4. The molecule has 0 saturated carbocycles. The molecule has 0 aliphatic carbocycles. The van der Waals surface area contributed by atoms with E-state index in [9.17, 15) is 0 Å². The van der Waals surface area contributed by atoms with Gasteiger partial charge in [-0.15, -0.1) is 10.2 Å². The van der Waals surface area contributed by atoms with E-state index >= 15 is 0 Å². The van der Waals surface area contributed by atoms with Gasteiger partial charge in [-0.1, -0.05) is 24.3 Å². The van der Waals surface area contributed by atoms with E-state index in [4.69, 9.17) is 10.5 Å². The van der Waals surface area contributed by atoms with Gasteiger partial charge in [-0.3, -0.25) is 29.4 Å². The van der Waals surface area contributed by atoms with Crippen LogP contribution in [-0.4, -0.2) is 52.2 Å². The minimum atomic E-state index is 0. The van der Waals surface area contributed by atoms with Gasteiger partial charge in [0.1, 0.15) is 11.4 Å². The van der Waals surface area contributed by atoms with E-state index in [0.717, 1.165) is 33.8 Å². The van der Waals surface area contributed by atoms with Crippen molar-refractivity contribution in [2.45, 2.75) is 0 Å². The van der Waals surface area contributed by atoms with Gasteiger partial charge in [0.05, 0.1) is 12.4 Å². The predicted molar refractivity (Wildman–Crippen MR) is 131 cm³/mol. The fraction of sp³-hybridized carbons (Fsp3) is 0. The molecular weight excluding hydrogens is 645 g/mol. The molecule has 0 spiro atoms. The molecule has 0 amide bonds. The SMILES string of the molecule is N#C[Se-].N#C[Se-].[Co+2].c1ccc(-c2n[n-][n+]3ccccc23)nc1.c1ccc(-c2n[n-][n+]3ccccc23)nc1. The monoisotopic (exact) mass is 663 g/mol. The van der Waals surface area contributed by atoms with Crippen molar-refractivity contribution >= 4 is 43.1 Å². The van der Waals surface area contributed by atoms with Crippen molar-refractivity contribution in [3.8, 4) is 32.7 Å². The van der Waals surface area contributed by atoms with Crippen LogP contribution < -0.4 is 19.5 Å². The van der Waals surface area contributed by atoms with Crippen LogP contribution in [0.3, 0.4) is 0 Å². The number of nitrogens with zero attached hydrogens (tertiary/aromatic N) is 10. The Labute approximate surface area is 239 Å². The maximum atomic E-state index is 7.26. The van der Waals surface area contributed by atoms with E-state index in [1.54, 1.807) is 31.4 Å². The van der Waals surface area contributed by atoms with Crippen LogP contribution in [0, 0.1) is 20.5 Å². The predicted octanol–water partition coefficient (Wildman–Crippen LogP) is 0.948. The number of nitriles is 2. The molecule has 13 heteroatoms. The molecule has 0 aromatic carbocycles. The van der Waals surface area contributed by atoms with Gasteiger partial charge >= 0.3 is 69.3 Å². The van der Waals surface area contributed by atoms with Crippen molar-refractivity contribution in [1.82, 2.24) is 30.6 Å². The van der Waals surface area contributed by atoms with E-state index in [-0.39, 0.29) is 16.8 Å². The fourth-order valence-corrected chi connectivity index (χ4v) is 3.06. The summed E-state index contributed by atoms with van der Waals surface area (Å²) in [6.07, 6.45) is 7.25. The molecule has 0 aliphatic rings. The first kappa shape index (κ1) is 29.3. The second-order valence-electron chi connectivity index (χ2n) is 6.55.